The number of carbonyl (C=O) groups is 1. The summed E-state index contributed by atoms with van der Waals surface area (Å²) in [7, 11) is 1.63. The van der Waals surface area contributed by atoms with Gasteiger partial charge in [-0.1, -0.05) is 38.0 Å². The van der Waals surface area contributed by atoms with Crippen molar-refractivity contribution in [2.45, 2.75) is 39.7 Å². The molecule has 0 saturated heterocycles. The summed E-state index contributed by atoms with van der Waals surface area (Å²) >= 11 is 1.40. The molecule has 0 bridgehead atoms. The van der Waals surface area contributed by atoms with Crippen LogP contribution in [0.3, 0.4) is 0 Å². The van der Waals surface area contributed by atoms with E-state index in [9.17, 15) is 9.59 Å². The van der Waals surface area contributed by atoms with Crippen LogP contribution in [0.1, 0.15) is 41.6 Å². The molecule has 0 aliphatic rings. The summed E-state index contributed by atoms with van der Waals surface area (Å²) in [6.07, 6.45) is 2.87. The van der Waals surface area contributed by atoms with Gasteiger partial charge in [0.1, 0.15) is 5.75 Å². The summed E-state index contributed by atoms with van der Waals surface area (Å²) in [5.41, 5.74) is 1.80. The number of thiazole rings is 1. The van der Waals surface area contributed by atoms with Crippen LogP contribution in [0.15, 0.2) is 53.3 Å². The molecule has 0 radical (unpaired) electrons. The van der Waals surface area contributed by atoms with Crippen molar-refractivity contribution in [1.82, 2.24) is 14.8 Å². The summed E-state index contributed by atoms with van der Waals surface area (Å²) < 4.78 is 6.63. The molecular formula is C25H26N4O3S. The molecule has 4 rings (SSSR count). The molecule has 0 unspecified atom stereocenters. The maximum Gasteiger partial charge on any atom is 0.278 e. The molecule has 8 heteroatoms. The fourth-order valence-corrected chi connectivity index (χ4v) is 4.52. The zero-order valence-corrected chi connectivity index (χ0v) is 19.7. The third-order valence-corrected chi connectivity index (χ3v) is 6.32. The van der Waals surface area contributed by atoms with E-state index in [2.05, 4.69) is 22.3 Å². The van der Waals surface area contributed by atoms with Crippen LogP contribution in [0.2, 0.25) is 0 Å². The second-order valence-corrected chi connectivity index (χ2v) is 8.94. The van der Waals surface area contributed by atoms with Crippen molar-refractivity contribution in [1.29, 1.82) is 0 Å². The van der Waals surface area contributed by atoms with E-state index in [1.165, 1.54) is 16.0 Å². The van der Waals surface area contributed by atoms with Crippen molar-refractivity contribution >= 4 is 33.1 Å². The zero-order chi connectivity index (χ0) is 23.4. The number of ether oxygens (including phenoxy) is 1. The topological polar surface area (TPSA) is 86.1 Å². The second kappa shape index (κ2) is 9.95. The number of methoxy groups -OCH3 is 1. The number of carbonyl (C=O) groups excluding carboxylic acids is 1. The molecule has 0 atom stereocenters. The van der Waals surface area contributed by atoms with E-state index in [4.69, 9.17) is 4.74 Å². The number of benzene rings is 2. The summed E-state index contributed by atoms with van der Waals surface area (Å²) in [6, 6.07) is 14.7. The van der Waals surface area contributed by atoms with Gasteiger partial charge in [0.15, 0.2) is 10.8 Å². The van der Waals surface area contributed by atoms with E-state index in [-0.39, 0.29) is 17.2 Å². The van der Waals surface area contributed by atoms with Crippen molar-refractivity contribution in [3.63, 3.8) is 0 Å². The first-order valence-corrected chi connectivity index (χ1v) is 11.8. The van der Waals surface area contributed by atoms with Crippen LogP contribution in [0.5, 0.6) is 5.75 Å². The van der Waals surface area contributed by atoms with Crippen LogP contribution in [-0.2, 0) is 6.54 Å². The van der Waals surface area contributed by atoms with Crippen molar-refractivity contribution in [3.8, 4) is 17.0 Å². The van der Waals surface area contributed by atoms with Crippen LogP contribution in [0.4, 0.5) is 5.13 Å². The molecule has 2 aromatic carbocycles. The largest absolute Gasteiger partial charge is 0.497 e. The van der Waals surface area contributed by atoms with Gasteiger partial charge in [0.25, 0.3) is 11.5 Å². The van der Waals surface area contributed by atoms with Crippen LogP contribution in [0.25, 0.3) is 22.0 Å². The normalized spacial score (nSPS) is 11.0. The summed E-state index contributed by atoms with van der Waals surface area (Å²) in [4.78, 5) is 31.7. The first-order chi connectivity index (χ1) is 16.0. The van der Waals surface area contributed by atoms with Gasteiger partial charge >= 0.3 is 0 Å². The van der Waals surface area contributed by atoms with E-state index < -0.39 is 0 Å². The Balaban J connectivity index is 1.65. The first-order valence-electron chi connectivity index (χ1n) is 10.9. The lowest BCUT2D eigenvalue weighted by atomic mass is 10.1. The van der Waals surface area contributed by atoms with Crippen LogP contribution < -0.4 is 15.6 Å². The molecular weight excluding hydrogens is 436 g/mol. The Kier molecular flexibility index (Phi) is 6.84. The Bertz CT molecular complexity index is 1340. The standard InChI is InChI=1S/C25H26N4O3S/c1-4-5-8-15-29-24(31)20-10-7-6-9-19(20)22(28-29)23(30)27-25-26-21(16(2)33-25)17-11-13-18(32-3)14-12-17/h6-7,9-14H,4-5,8,15H2,1-3H3,(H,26,27,30). The smallest absolute Gasteiger partial charge is 0.278 e. The number of amides is 1. The van der Waals surface area contributed by atoms with Gasteiger partial charge in [-0.3, -0.25) is 14.9 Å². The predicted octanol–water partition coefficient (Wildman–Crippen LogP) is 5.28. The molecule has 170 valence electrons. The number of aromatic nitrogens is 3. The Labute approximate surface area is 196 Å². The molecule has 1 N–H and O–H groups in total. The van der Waals surface area contributed by atoms with Crippen molar-refractivity contribution in [2.75, 3.05) is 12.4 Å². The lowest BCUT2D eigenvalue weighted by Gasteiger charge is -2.10. The first kappa shape index (κ1) is 22.7. The lowest BCUT2D eigenvalue weighted by Crippen LogP contribution is -2.27. The molecule has 7 nitrogen and oxygen atoms in total. The van der Waals surface area contributed by atoms with Gasteiger partial charge in [0, 0.05) is 22.4 Å². The molecule has 1 amide bonds. The second-order valence-electron chi connectivity index (χ2n) is 7.74. The minimum atomic E-state index is -0.384. The van der Waals surface area contributed by atoms with E-state index in [1.807, 2.05) is 31.2 Å². The van der Waals surface area contributed by atoms with E-state index in [1.54, 1.807) is 31.4 Å². The maximum absolute atomic E-state index is 13.2. The van der Waals surface area contributed by atoms with Crippen LogP contribution >= 0.6 is 11.3 Å². The van der Waals surface area contributed by atoms with E-state index >= 15 is 0 Å². The molecule has 2 heterocycles. The third kappa shape index (κ3) is 4.80. The molecule has 0 fully saturated rings. The molecule has 33 heavy (non-hydrogen) atoms. The highest BCUT2D eigenvalue weighted by Gasteiger charge is 2.19. The Morgan fingerprint density at radius 3 is 2.52 bits per heavy atom. The predicted molar refractivity (Wildman–Crippen MR) is 132 cm³/mol. The van der Waals surface area contributed by atoms with Gasteiger partial charge in [-0.05, 0) is 43.7 Å². The van der Waals surface area contributed by atoms with Crippen molar-refractivity contribution in [2.24, 2.45) is 0 Å². The van der Waals surface area contributed by atoms with E-state index in [0.717, 1.165) is 41.1 Å². The van der Waals surface area contributed by atoms with Crippen molar-refractivity contribution < 1.29 is 9.53 Å². The average Bonchev–Trinajstić information content (AvgIpc) is 3.20. The SMILES string of the molecule is CCCCCn1nc(C(=O)Nc2nc(-c3ccc(OC)cc3)c(C)s2)c2ccccc2c1=O. The van der Waals surface area contributed by atoms with Gasteiger partial charge in [-0.25, -0.2) is 9.67 Å². The molecule has 0 saturated carbocycles. The average molecular weight is 463 g/mol. The summed E-state index contributed by atoms with van der Waals surface area (Å²) in [6.45, 7) is 4.55. The van der Waals surface area contributed by atoms with Gasteiger partial charge in [-0.15, -0.1) is 11.3 Å². The molecule has 0 aliphatic carbocycles. The number of fused-ring (bicyclic) bond motifs is 1. The number of aryl methyl sites for hydroxylation is 2. The molecule has 4 aromatic rings. The molecule has 0 aliphatic heterocycles. The van der Waals surface area contributed by atoms with Gasteiger partial charge in [-0.2, -0.15) is 5.10 Å². The molecule has 0 spiro atoms. The fraction of sp³-hybridized carbons (Fsp3) is 0.280. The highest BCUT2D eigenvalue weighted by atomic mass is 32.1. The Hall–Kier alpha value is -3.52. The van der Waals surface area contributed by atoms with Gasteiger partial charge in [0.05, 0.1) is 18.2 Å². The minimum Gasteiger partial charge on any atom is -0.497 e. The van der Waals surface area contributed by atoms with E-state index in [0.29, 0.717) is 22.4 Å². The number of hydrogen-bond donors (Lipinski definition) is 1. The Morgan fingerprint density at radius 1 is 1.09 bits per heavy atom. The number of rotatable bonds is 8. The van der Waals surface area contributed by atoms with Crippen LogP contribution in [0, 0.1) is 6.92 Å². The number of anilines is 1. The summed E-state index contributed by atoms with van der Waals surface area (Å²) in [5.74, 6) is 0.387. The fourth-order valence-electron chi connectivity index (χ4n) is 3.69. The lowest BCUT2D eigenvalue weighted by molar-refractivity contribution is 0.102. The minimum absolute atomic E-state index is 0.176. The van der Waals surface area contributed by atoms with Crippen molar-refractivity contribution in [3.05, 3.63) is 69.5 Å². The number of nitrogens with zero attached hydrogens (tertiary/aromatic N) is 3. The van der Waals surface area contributed by atoms with Gasteiger partial charge < -0.3 is 4.74 Å². The highest BCUT2D eigenvalue weighted by molar-refractivity contribution is 7.16. The molecule has 2 aromatic heterocycles. The summed E-state index contributed by atoms with van der Waals surface area (Å²) in [5, 5.41) is 8.82. The highest BCUT2D eigenvalue weighted by Crippen LogP contribution is 2.31. The maximum atomic E-state index is 13.2. The quantitative estimate of drug-likeness (QED) is 0.360. The zero-order valence-electron chi connectivity index (χ0n) is 18.9. The Morgan fingerprint density at radius 2 is 1.82 bits per heavy atom. The third-order valence-electron chi connectivity index (χ3n) is 5.44. The number of hydrogen-bond acceptors (Lipinski definition) is 6. The monoisotopic (exact) mass is 462 g/mol. The number of nitrogens with one attached hydrogen (secondary N) is 1. The van der Waals surface area contributed by atoms with Gasteiger partial charge in [0.2, 0.25) is 0 Å². The van der Waals surface area contributed by atoms with Crippen LogP contribution in [-0.4, -0.2) is 27.8 Å². The number of unbranched alkanes of at least 4 members (excludes halogenated alkanes) is 2.